The topological polar surface area (TPSA) is 64.3 Å². The maximum Gasteiger partial charge on any atom is 0.253 e. The van der Waals surface area contributed by atoms with Gasteiger partial charge in [0.15, 0.2) is 0 Å². The van der Waals surface area contributed by atoms with Crippen molar-refractivity contribution in [2.45, 2.75) is 0 Å². The lowest BCUT2D eigenvalue weighted by molar-refractivity contribution is 0.0938. The van der Waals surface area contributed by atoms with E-state index in [0.717, 1.165) is 4.47 Å². The fourth-order valence-corrected chi connectivity index (χ4v) is 1.45. The van der Waals surface area contributed by atoms with Crippen LogP contribution in [0, 0.1) is 0 Å². The molecule has 82 valence electrons. The first-order chi connectivity index (χ1) is 7.15. The normalized spacial score (nSPS) is 10.0. The first kappa shape index (κ1) is 12.0. The van der Waals surface area contributed by atoms with E-state index in [-0.39, 0.29) is 5.91 Å². The minimum atomic E-state index is -0.189. The molecule has 0 saturated carbocycles. The summed E-state index contributed by atoms with van der Waals surface area (Å²) in [5, 5.41) is 2.70. The molecule has 15 heavy (non-hydrogen) atoms. The van der Waals surface area contributed by atoms with Crippen LogP contribution in [0.15, 0.2) is 22.7 Å². The van der Waals surface area contributed by atoms with E-state index in [1.807, 2.05) is 0 Å². The molecule has 4 nitrogen and oxygen atoms in total. The van der Waals surface area contributed by atoms with E-state index in [9.17, 15) is 4.79 Å². The molecule has 3 N–H and O–H groups in total. The Morgan fingerprint density at radius 2 is 2.33 bits per heavy atom. The number of amides is 1. The number of halogens is 1. The quantitative estimate of drug-likeness (QED) is 0.644. The Hall–Kier alpha value is -1.07. The number of nitrogens with two attached hydrogens (primary N) is 1. The molecule has 0 unspecified atom stereocenters. The summed E-state index contributed by atoms with van der Waals surface area (Å²) in [4.78, 5) is 11.6. The van der Waals surface area contributed by atoms with Gasteiger partial charge in [-0.2, -0.15) is 0 Å². The zero-order valence-electron chi connectivity index (χ0n) is 8.42. The average molecular weight is 273 g/mol. The molecule has 0 aliphatic heterocycles. The average Bonchev–Trinajstić information content (AvgIpc) is 2.22. The highest BCUT2D eigenvalue weighted by Gasteiger charge is 2.08. The van der Waals surface area contributed by atoms with Gasteiger partial charge < -0.3 is 15.8 Å². The van der Waals surface area contributed by atoms with Gasteiger partial charge in [0.2, 0.25) is 0 Å². The third-order valence-electron chi connectivity index (χ3n) is 1.85. The number of rotatable bonds is 4. The van der Waals surface area contributed by atoms with Crippen LogP contribution in [0.2, 0.25) is 0 Å². The Labute approximate surface area is 96.9 Å². The lowest BCUT2D eigenvalue weighted by Gasteiger charge is -2.07. The number of ether oxygens (including phenoxy) is 1. The minimum absolute atomic E-state index is 0.189. The van der Waals surface area contributed by atoms with Crippen molar-refractivity contribution in [3.05, 3.63) is 28.2 Å². The van der Waals surface area contributed by atoms with Crippen LogP contribution in [0.4, 0.5) is 5.69 Å². The van der Waals surface area contributed by atoms with Crippen LogP contribution in [0.3, 0.4) is 0 Å². The highest BCUT2D eigenvalue weighted by molar-refractivity contribution is 9.10. The smallest absolute Gasteiger partial charge is 0.253 e. The molecule has 0 fully saturated rings. The molecule has 0 saturated heterocycles. The molecule has 1 aromatic rings. The molecule has 0 aliphatic rings. The second kappa shape index (κ2) is 5.72. The number of nitrogen functional groups attached to an aromatic ring is 1. The van der Waals surface area contributed by atoms with E-state index < -0.39 is 0 Å². The number of methoxy groups -OCH3 is 1. The molecular formula is C10H13BrN2O2. The van der Waals surface area contributed by atoms with Gasteiger partial charge in [-0.1, -0.05) is 15.9 Å². The fraction of sp³-hybridized carbons (Fsp3) is 0.300. The van der Waals surface area contributed by atoms with E-state index in [4.69, 9.17) is 10.5 Å². The molecule has 1 amide bonds. The lowest BCUT2D eigenvalue weighted by atomic mass is 10.1. The van der Waals surface area contributed by atoms with E-state index in [0.29, 0.717) is 24.4 Å². The summed E-state index contributed by atoms with van der Waals surface area (Å²) < 4.78 is 5.65. The van der Waals surface area contributed by atoms with Crippen molar-refractivity contribution >= 4 is 27.5 Å². The largest absolute Gasteiger partial charge is 0.398 e. The van der Waals surface area contributed by atoms with Gasteiger partial charge in [0.1, 0.15) is 0 Å². The summed E-state index contributed by atoms with van der Waals surface area (Å²) >= 11 is 3.29. The number of hydrogen-bond acceptors (Lipinski definition) is 3. The third kappa shape index (κ3) is 3.53. The van der Waals surface area contributed by atoms with Gasteiger partial charge in [-0.05, 0) is 18.2 Å². The zero-order valence-corrected chi connectivity index (χ0v) is 10.0. The predicted octanol–water partition coefficient (Wildman–Crippen LogP) is 1.41. The maximum absolute atomic E-state index is 11.6. The molecule has 1 aromatic carbocycles. The Bertz CT molecular complexity index is 355. The van der Waals surface area contributed by atoms with Crippen molar-refractivity contribution in [2.24, 2.45) is 0 Å². The molecule has 0 atom stereocenters. The number of anilines is 1. The van der Waals surface area contributed by atoms with Crippen molar-refractivity contribution in [3.63, 3.8) is 0 Å². The fourth-order valence-electron chi connectivity index (χ4n) is 1.09. The molecule has 1 rings (SSSR count). The van der Waals surface area contributed by atoms with Crippen LogP contribution in [0.25, 0.3) is 0 Å². The number of benzene rings is 1. The van der Waals surface area contributed by atoms with Gasteiger partial charge in [0.05, 0.1) is 12.2 Å². The minimum Gasteiger partial charge on any atom is -0.398 e. The van der Waals surface area contributed by atoms with Crippen LogP contribution < -0.4 is 11.1 Å². The van der Waals surface area contributed by atoms with Gasteiger partial charge in [0.25, 0.3) is 5.91 Å². The van der Waals surface area contributed by atoms with Gasteiger partial charge in [0, 0.05) is 23.8 Å². The monoisotopic (exact) mass is 272 g/mol. The summed E-state index contributed by atoms with van der Waals surface area (Å²) in [6.45, 7) is 0.959. The van der Waals surface area contributed by atoms with Crippen molar-refractivity contribution in [3.8, 4) is 0 Å². The molecule has 5 heteroatoms. The Morgan fingerprint density at radius 1 is 1.60 bits per heavy atom. The molecule has 0 heterocycles. The van der Waals surface area contributed by atoms with E-state index in [2.05, 4.69) is 21.2 Å². The molecular weight excluding hydrogens is 260 g/mol. The lowest BCUT2D eigenvalue weighted by Crippen LogP contribution is -2.27. The summed E-state index contributed by atoms with van der Waals surface area (Å²) in [6, 6.07) is 5.17. The number of carbonyl (C=O) groups excluding carboxylic acids is 1. The van der Waals surface area contributed by atoms with Crippen LogP contribution in [0.1, 0.15) is 10.4 Å². The number of carbonyl (C=O) groups is 1. The highest BCUT2D eigenvalue weighted by Crippen LogP contribution is 2.18. The second-order valence-electron chi connectivity index (χ2n) is 2.98. The Balaban J connectivity index is 2.68. The zero-order chi connectivity index (χ0) is 11.3. The van der Waals surface area contributed by atoms with Crippen LogP contribution in [-0.4, -0.2) is 26.2 Å². The SMILES string of the molecule is COCCNC(=O)c1cc(Br)ccc1N. The van der Waals surface area contributed by atoms with E-state index in [1.54, 1.807) is 25.3 Å². The number of nitrogens with one attached hydrogen (secondary N) is 1. The molecule has 0 spiro atoms. The van der Waals surface area contributed by atoms with Gasteiger partial charge in [-0.3, -0.25) is 4.79 Å². The maximum atomic E-state index is 11.6. The third-order valence-corrected chi connectivity index (χ3v) is 2.34. The van der Waals surface area contributed by atoms with Crippen molar-refractivity contribution < 1.29 is 9.53 Å². The van der Waals surface area contributed by atoms with Crippen molar-refractivity contribution in [2.75, 3.05) is 26.0 Å². The summed E-state index contributed by atoms with van der Waals surface area (Å²) in [5.41, 5.74) is 6.62. The van der Waals surface area contributed by atoms with Crippen LogP contribution >= 0.6 is 15.9 Å². The predicted molar refractivity (Wildman–Crippen MR) is 62.8 cm³/mol. The van der Waals surface area contributed by atoms with Gasteiger partial charge in [-0.15, -0.1) is 0 Å². The van der Waals surface area contributed by atoms with Gasteiger partial charge in [-0.25, -0.2) is 0 Å². The second-order valence-corrected chi connectivity index (χ2v) is 3.90. The summed E-state index contributed by atoms with van der Waals surface area (Å²) in [7, 11) is 1.58. The van der Waals surface area contributed by atoms with Gasteiger partial charge >= 0.3 is 0 Å². The van der Waals surface area contributed by atoms with Crippen molar-refractivity contribution in [1.29, 1.82) is 0 Å². The van der Waals surface area contributed by atoms with Crippen LogP contribution in [-0.2, 0) is 4.74 Å². The number of hydrogen-bond donors (Lipinski definition) is 2. The standard InChI is InChI=1S/C10H13BrN2O2/c1-15-5-4-13-10(14)8-6-7(11)2-3-9(8)12/h2-3,6H,4-5,12H2,1H3,(H,13,14). The molecule has 0 aromatic heterocycles. The Morgan fingerprint density at radius 3 is 3.00 bits per heavy atom. The first-order valence-electron chi connectivity index (χ1n) is 4.47. The highest BCUT2D eigenvalue weighted by atomic mass is 79.9. The summed E-state index contributed by atoms with van der Waals surface area (Å²) in [6.07, 6.45) is 0. The Kier molecular flexibility index (Phi) is 4.58. The van der Waals surface area contributed by atoms with E-state index >= 15 is 0 Å². The first-order valence-corrected chi connectivity index (χ1v) is 5.26. The summed E-state index contributed by atoms with van der Waals surface area (Å²) in [5.74, 6) is -0.189. The van der Waals surface area contributed by atoms with Crippen LogP contribution in [0.5, 0.6) is 0 Å². The molecule has 0 bridgehead atoms. The van der Waals surface area contributed by atoms with Crippen molar-refractivity contribution in [1.82, 2.24) is 5.32 Å². The molecule has 0 aliphatic carbocycles. The van der Waals surface area contributed by atoms with E-state index in [1.165, 1.54) is 0 Å². The molecule has 0 radical (unpaired) electrons.